The first kappa shape index (κ1) is 19.8. The molecule has 0 aliphatic heterocycles. The van der Waals surface area contributed by atoms with Gasteiger partial charge in [0.15, 0.2) is 5.16 Å². The molecular formula is C20H18Cl2N2O2S. The van der Waals surface area contributed by atoms with Crippen molar-refractivity contribution >= 4 is 40.9 Å². The third-order valence-corrected chi connectivity index (χ3v) is 5.53. The summed E-state index contributed by atoms with van der Waals surface area (Å²) in [5.74, 6) is -0.0746. The number of benzene rings is 2. The van der Waals surface area contributed by atoms with Crippen molar-refractivity contribution in [3.63, 3.8) is 0 Å². The smallest absolute Gasteiger partial charge is 0.316 e. The van der Waals surface area contributed by atoms with Crippen LogP contribution in [0.25, 0.3) is 16.9 Å². The first-order valence-corrected chi connectivity index (χ1v) is 10.1. The van der Waals surface area contributed by atoms with Crippen molar-refractivity contribution in [2.24, 2.45) is 0 Å². The summed E-state index contributed by atoms with van der Waals surface area (Å²) in [4.78, 5) is 16.3. The van der Waals surface area contributed by atoms with Crippen LogP contribution in [-0.4, -0.2) is 27.9 Å². The number of hydrogen-bond donors (Lipinski definition) is 0. The van der Waals surface area contributed by atoms with E-state index < -0.39 is 0 Å². The van der Waals surface area contributed by atoms with Gasteiger partial charge in [0, 0.05) is 11.3 Å². The highest BCUT2D eigenvalue weighted by atomic mass is 35.5. The standard InChI is InChI=1S/C20H18Cl2N2O2S/c1-3-26-19(25)12-27-20-23-11-18(14-6-9-16(21)17(22)10-14)24(20)15-7-4-13(2)5-8-15/h4-11H,3,12H2,1-2H3. The normalized spacial score (nSPS) is 10.8. The van der Waals surface area contributed by atoms with Crippen LogP contribution in [0, 0.1) is 6.92 Å². The predicted octanol–water partition coefficient (Wildman–Crippen LogP) is 5.81. The summed E-state index contributed by atoms with van der Waals surface area (Å²) in [6.45, 7) is 4.19. The highest BCUT2D eigenvalue weighted by molar-refractivity contribution is 7.99. The van der Waals surface area contributed by atoms with Crippen LogP contribution in [0.4, 0.5) is 0 Å². The van der Waals surface area contributed by atoms with Crippen LogP contribution >= 0.6 is 35.0 Å². The zero-order chi connectivity index (χ0) is 19.4. The van der Waals surface area contributed by atoms with Gasteiger partial charge in [-0.15, -0.1) is 0 Å². The Balaban J connectivity index is 2.03. The van der Waals surface area contributed by atoms with Crippen LogP contribution in [0.2, 0.25) is 10.0 Å². The highest BCUT2D eigenvalue weighted by Gasteiger charge is 2.16. The number of nitrogens with zero attached hydrogens (tertiary/aromatic N) is 2. The van der Waals surface area contributed by atoms with Crippen molar-refractivity contribution in [2.45, 2.75) is 19.0 Å². The second kappa shape index (κ2) is 8.83. The summed E-state index contributed by atoms with van der Waals surface area (Å²) in [5.41, 5.74) is 3.87. The van der Waals surface area contributed by atoms with Gasteiger partial charge in [-0.2, -0.15) is 0 Å². The Labute approximate surface area is 172 Å². The molecule has 0 fully saturated rings. The van der Waals surface area contributed by atoms with Crippen molar-refractivity contribution in [3.8, 4) is 16.9 Å². The zero-order valence-corrected chi connectivity index (χ0v) is 17.2. The molecule has 0 atom stereocenters. The van der Waals surface area contributed by atoms with Crippen LogP contribution in [0.15, 0.2) is 53.8 Å². The van der Waals surface area contributed by atoms with E-state index in [2.05, 4.69) is 4.98 Å². The van der Waals surface area contributed by atoms with E-state index in [0.29, 0.717) is 21.8 Å². The summed E-state index contributed by atoms with van der Waals surface area (Å²) >= 11 is 13.6. The maximum atomic E-state index is 11.8. The van der Waals surface area contributed by atoms with Crippen LogP contribution in [-0.2, 0) is 9.53 Å². The molecule has 0 aliphatic carbocycles. The van der Waals surface area contributed by atoms with E-state index in [1.165, 1.54) is 11.8 Å². The van der Waals surface area contributed by atoms with Gasteiger partial charge >= 0.3 is 5.97 Å². The number of rotatable bonds is 6. The largest absolute Gasteiger partial charge is 0.465 e. The van der Waals surface area contributed by atoms with Crippen molar-refractivity contribution in [1.29, 1.82) is 0 Å². The third-order valence-electron chi connectivity index (χ3n) is 3.86. The van der Waals surface area contributed by atoms with Gasteiger partial charge in [0.25, 0.3) is 0 Å². The molecule has 0 radical (unpaired) electrons. The average molecular weight is 421 g/mol. The Bertz CT molecular complexity index is 955. The number of carbonyl (C=O) groups is 1. The van der Waals surface area contributed by atoms with E-state index in [0.717, 1.165) is 22.5 Å². The lowest BCUT2D eigenvalue weighted by atomic mass is 10.1. The Morgan fingerprint density at radius 2 is 1.89 bits per heavy atom. The lowest BCUT2D eigenvalue weighted by molar-refractivity contribution is -0.139. The Hall–Kier alpha value is -1.95. The number of esters is 1. The first-order chi connectivity index (χ1) is 13.0. The Morgan fingerprint density at radius 3 is 2.56 bits per heavy atom. The molecule has 0 N–H and O–H groups in total. The fourth-order valence-electron chi connectivity index (χ4n) is 2.57. The van der Waals surface area contributed by atoms with Crippen LogP contribution in [0.1, 0.15) is 12.5 Å². The van der Waals surface area contributed by atoms with Crippen molar-refractivity contribution in [2.75, 3.05) is 12.4 Å². The van der Waals surface area contributed by atoms with Gasteiger partial charge in [0.2, 0.25) is 0 Å². The quantitative estimate of drug-likeness (QED) is 0.372. The molecule has 0 saturated carbocycles. The zero-order valence-electron chi connectivity index (χ0n) is 14.9. The molecule has 0 aliphatic rings. The number of thioether (sulfide) groups is 1. The van der Waals surface area contributed by atoms with E-state index >= 15 is 0 Å². The number of aromatic nitrogens is 2. The van der Waals surface area contributed by atoms with Gasteiger partial charge in [0.1, 0.15) is 0 Å². The minimum atomic E-state index is -0.267. The van der Waals surface area contributed by atoms with Gasteiger partial charge in [-0.25, -0.2) is 4.98 Å². The number of halogens is 2. The van der Waals surface area contributed by atoms with Crippen LogP contribution < -0.4 is 0 Å². The monoisotopic (exact) mass is 420 g/mol. The van der Waals surface area contributed by atoms with Crippen LogP contribution in [0.5, 0.6) is 0 Å². The molecule has 3 rings (SSSR count). The molecule has 1 aromatic heterocycles. The van der Waals surface area contributed by atoms with Crippen molar-refractivity contribution < 1.29 is 9.53 Å². The lowest BCUT2D eigenvalue weighted by Gasteiger charge is -2.13. The van der Waals surface area contributed by atoms with Crippen molar-refractivity contribution in [1.82, 2.24) is 9.55 Å². The van der Waals surface area contributed by atoms with Crippen molar-refractivity contribution in [3.05, 3.63) is 64.3 Å². The SMILES string of the molecule is CCOC(=O)CSc1ncc(-c2ccc(Cl)c(Cl)c2)n1-c1ccc(C)cc1. The van der Waals surface area contributed by atoms with Gasteiger partial charge in [-0.1, -0.05) is 58.7 Å². The molecule has 7 heteroatoms. The van der Waals surface area contributed by atoms with Gasteiger partial charge < -0.3 is 4.74 Å². The third kappa shape index (κ3) is 4.67. The summed E-state index contributed by atoms with van der Waals surface area (Å²) in [7, 11) is 0. The average Bonchev–Trinajstić information content (AvgIpc) is 3.07. The molecule has 2 aromatic carbocycles. The maximum absolute atomic E-state index is 11.8. The number of imidazole rings is 1. The second-order valence-electron chi connectivity index (χ2n) is 5.82. The Kier molecular flexibility index (Phi) is 6.47. The van der Waals surface area contributed by atoms with Gasteiger partial charge in [-0.3, -0.25) is 9.36 Å². The number of carbonyl (C=O) groups excluding carboxylic acids is 1. The fourth-order valence-corrected chi connectivity index (χ4v) is 3.65. The minimum absolute atomic E-state index is 0.192. The number of aryl methyl sites for hydroxylation is 1. The minimum Gasteiger partial charge on any atom is -0.465 e. The molecule has 1 heterocycles. The highest BCUT2D eigenvalue weighted by Crippen LogP contribution is 2.33. The first-order valence-electron chi connectivity index (χ1n) is 8.38. The fraction of sp³-hybridized carbons (Fsp3) is 0.200. The summed E-state index contributed by atoms with van der Waals surface area (Å²) in [6.07, 6.45) is 1.77. The topological polar surface area (TPSA) is 44.1 Å². The van der Waals surface area contributed by atoms with E-state index in [4.69, 9.17) is 27.9 Å². The molecule has 0 amide bonds. The summed E-state index contributed by atoms with van der Waals surface area (Å²) in [6, 6.07) is 13.6. The van der Waals surface area contributed by atoms with Crippen LogP contribution in [0.3, 0.4) is 0 Å². The second-order valence-corrected chi connectivity index (χ2v) is 7.58. The molecule has 0 spiro atoms. The summed E-state index contributed by atoms with van der Waals surface area (Å²) < 4.78 is 7.02. The molecule has 0 bridgehead atoms. The Morgan fingerprint density at radius 1 is 1.15 bits per heavy atom. The van der Waals surface area contributed by atoms with E-state index in [1.807, 2.05) is 47.9 Å². The number of ether oxygens (including phenoxy) is 1. The number of hydrogen-bond acceptors (Lipinski definition) is 4. The molecule has 0 saturated heterocycles. The van der Waals surface area contributed by atoms with Gasteiger partial charge in [-0.05, 0) is 38.1 Å². The van der Waals surface area contributed by atoms with E-state index in [9.17, 15) is 4.79 Å². The van der Waals surface area contributed by atoms with E-state index in [-0.39, 0.29) is 11.7 Å². The molecular weight excluding hydrogens is 403 g/mol. The molecule has 3 aromatic rings. The van der Waals surface area contributed by atoms with Gasteiger partial charge in [0.05, 0.1) is 34.3 Å². The lowest BCUT2D eigenvalue weighted by Crippen LogP contribution is -2.08. The summed E-state index contributed by atoms with van der Waals surface area (Å²) in [5, 5.41) is 1.68. The van der Waals surface area contributed by atoms with E-state index in [1.54, 1.807) is 19.2 Å². The predicted molar refractivity (Wildman–Crippen MR) is 111 cm³/mol. The molecule has 4 nitrogen and oxygen atoms in total. The maximum Gasteiger partial charge on any atom is 0.316 e. The molecule has 0 unspecified atom stereocenters. The molecule has 140 valence electrons. The molecule has 27 heavy (non-hydrogen) atoms.